The Morgan fingerprint density at radius 2 is 1.96 bits per heavy atom. The maximum absolute atomic E-state index is 12.1. The van der Waals surface area contributed by atoms with Crippen molar-refractivity contribution >= 4 is 29.2 Å². The topological polar surface area (TPSA) is 77.0 Å². The highest BCUT2D eigenvalue weighted by molar-refractivity contribution is 6.30. The number of phenolic OH excluding ortho intramolecular Hbond substituents is 1. The first-order chi connectivity index (χ1) is 12.5. The van der Waals surface area contributed by atoms with E-state index in [1.54, 1.807) is 12.1 Å². The summed E-state index contributed by atoms with van der Waals surface area (Å²) in [6.07, 6.45) is 0. The van der Waals surface area contributed by atoms with E-state index in [-0.39, 0.29) is 18.2 Å². The number of aromatic hydroxyl groups is 1. The molecule has 0 saturated heterocycles. The van der Waals surface area contributed by atoms with Gasteiger partial charge in [0.15, 0.2) is 5.96 Å². The average molecular weight is 375 g/mol. The molecule has 3 N–H and O–H groups in total. The van der Waals surface area contributed by atoms with Crippen LogP contribution < -0.4 is 10.6 Å². The number of benzene rings is 2. The summed E-state index contributed by atoms with van der Waals surface area (Å²) >= 11 is 6.03. The molecule has 0 aliphatic heterocycles. The van der Waals surface area contributed by atoms with E-state index >= 15 is 0 Å². The molecule has 0 fully saturated rings. The van der Waals surface area contributed by atoms with E-state index in [1.165, 1.54) is 12.1 Å². The van der Waals surface area contributed by atoms with Gasteiger partial charge in [0.2, 0.25) is 5.91 Å². The van der Waals surface area contributed by atoms with Crippen LogP contribution in [0.25, 0.3) is 0 Å². The number of nitrogens with one attached hydrogen (secondary N) is 2. The molecule has 26 heavy (non-hydrogen) atoms. The Hall–Kier alpha value is -2.73. The number of anilines is 1. The van der Waals surface area contributed by atoms with Crippen LogP contribution in [0, 0.1) is 0 Å². The van der Waals surface area contributed by atoms with Crippen LogP contribution in [0.4, 0.5) is 5.69 Å². The number of halogens is 1. The minimum absolute atomic E-state index is 0.0108. The fourth-order valence-electron chi connectivity index (χ4n) is 2.35. The van der Waals surface area contributed by atoms with Crippen LogP contribution >= 0.6 is 11.6 Å². The molecule has 0 radical (unpaired) electrons. The summed E-state index contributed by atoms with van der Waals surface area (Å²) in [7, 11) is 1.90. The molecule has 2 rings (SSSR count). The van der Waals surface area contributed by atoms with Gasteiger partial charge in [-0.05, 0) is 48.9 Å². The molecule has 1 amide bonds. The molecule has 0 atom stereocenters. The molecule has 0 spiro atoms. The Balaban J connectivity index is 1.98. The number of nitrogens with zero attached hydrogens (tertiary/aromatic N) is 2. The molecule has 7 heteroatoms. The van der Waals surface area contributed by atoms with E-state index in [0.29, 0.717) is 29.8 Å². The van der Waals surface area contributed by atoms with Crippen LogP contribution in [0.5, 0.6) is 5.75 Å². The van der Waals surface area contributed by atoms with Crippen molar-refractivity contribution < 1.29 is 9.90 Å². The summed E-state index contributed by atoms with van der Waals surface area (Å²) in [5.41, 5.74) is 1.67. The summed E-state index contributed by atoms with van der Waals surface area (Å²) in [6.45, 7) is 3.27. The quantitative estimate of drug-likeness (QED) is 0.412. The van der Waals surface area contributed by atoms with Gasteiger partial charge in [0, 0.05) is 30.8 Å². The van der Waals surface area contributed by atoms with Gasteiger partial charge in [-0.3, -0.25) is 4.79 Å². The van der Waals surface area contributed by atoms with E-state index in [1.807, 2.05) is 43.1 Å². The number of amides is 1. The SMILES string of the molecule is CCNC(=NCC(=O)Nc1ccc(O)cc1)N(C)Cc1cccc(Cl)c1. The molecule has 2 aromatic carbocycles. The van der Waals surface area contributed by atoms with Crippen molar-refractivity contribution in [3.05, 3.63) is 59.1 Å². The Morgan fingerprint density at radius 1 is 1.23 bits per heavy atom. The lowest BCUT2D eigenvalue weighted by Crippen LogP contribution is -2.39. The fourth-order valence-corrected chi connectivity index (χ4v) is 2.56. The standard InChI is InChI=1S/C19H23ClN4O2/c1-3-21-19(24(2)13-14-5-4-6-15(20)11-14)22-12-18(26)23-16-7-9-17(25)10-8-16/h4-11,25H,3,12-13H2,1-2H3,(H,21,22)(H,23,26). The van der Waals surface area contributed by atoms with Crippen LogP contribution in [0.1, 0.15) is 12.5 Å². The summed E-state index contributed by atoms with van der Waals surface area (Å²) in [5.74, 6) is 0.550. The number of guanidine groups is 1. The van der Waals surface area contributed by atoms with Gasteiger partial charge in [-0.1, -0.05) is 23.7 Å². The van der Waals surface area contributed by atoms with Crippen LogP contribution in [0.3, 0.4) is 0 Å². The normalized spacial score (nSPS) is 11.1. The van der Waals surface area contributed by atoms with Gasteiger partial charge in [-0.2, -0.15) is 0 Å². The largest absolute Gasteiger partial charge is 0.508 e. The molecule has 0 aliphatic carbocycles. The molecule has 0 bridgehead atoms. The van der Waals surface area contributed by atoms with Crippen LogP contribution in [-0.4, -0.2) is 42.0 Å². The Bertz CT molecular complexity index is 762. The summed E-state index contributed by atoms with van der Waals surface area (Å²) in [5, 5.41) is 15.9. The third kappa shape index (κ3) is 6.29. The maximum atomic E-state index is 12.1. The molecule has 0 aliphatic rings. The Morgan fingerprint density at radius 3 is 2.62 bits per heavy atom. The highest BCUT2D eigenvalue weighted by atomic mass is 35.5. The zero-order valence-corrected chi connectivity index (χ0v) is 15.6. The number of aliphatic imine (C=N–C) groups is 1. The lowest BCUT2D eigenvalue weighted by atomic mass is 10.2. The van der Waals surface area contributed by atoms with E-state index in [2.05, 4.69) is 15.6 Å². The second kappa shape index (κ2) is 9.68. The van der Waals surface area contributed by atoms with Crippen molar-refractivity contribution in [2.75, 3.05) is 25.5 Å². The number of hydrogen-bond acceptors (Lipinski definition) is 3. The Labute approximate surface area is 158 Å². The van der Waals surface area contributed by atoms with E-state index < -0.39 is 0 Å². The van der Waals surface area contributed by atoms with Crippen LogP contribution in [-0.2, 0) is 11.3 Å². The molecular weight excluding hydrogens is 352 g/mol. The smallest absolute Gasteiger partial charge is 0.246 e. The summed E-state index contributed by atoms with van der Waals surface area (Å²) < 4.78 is 0. The lowest BCUT2D eigenvalue weighted by molar-refractivity contribution is -0.114. The second-order valence-corrected chi connectivity index (χ2v) is 6.19. The van der Waals surface area contributed by atoms with E-state index in [0.717, 1.165) is 5.56 Å². The number of carbonyl (C=O) groups excluding carboxylic acids is 1. The first-order valence-corrected chi connectivity index (χ1v) is 8.68. The van der Waals surface area contributed by atoms with Gasteiger partial charge in [-0.15, -0.1) is 0 Å². The lowest BCUT2D eigenvalue weighted by Gasteiger charge is -2.22. The molecular formula is C19H23ClN4O2. The Kier molecular flexibility index (Phi) is 7.29. The van der Waals surface area contributed by atoms with Crippen molar-refractivity contribution in [2.45, 2.75) is 13.5 Å². The van der Waals surface area contributed by atoms with Crippen LogP contribution in [0.15, 0.2) is 53.5 Å². The fraction of sp³-hybridized carbons (Fsp3) is 0.263. The van der Waals surface area contributed by atoms with Gasteiger partial charge < -0.3 is 20.6 Å². The molecule has 6 nitrogen and oxygen atoms in total. The van der Waals surface area contributed by atoms with E-state index in [9.17, 15) is 9.90 Å². The summed E-state index contributed by atoms with van der Waals surface area (Å²) in [4.78, 5) is 18.4. The molecule has 138 valence electrons. The zero-order chi connectivity index (χ0) is 18.9. The molecule has 0 saturated carbocycles. The van der Waals surface area contributed by atoms with Crippen LogP contribution in [0.2, 0.25) is 5.02 Å². The highest BCUT2D eigenvalue weighted by Crippen LogP contribution is 2.14. The predicted molar refractivity (Wildman–Crippen MR) is 106 cm³/mol. The van der Waals surface area contributed by atoms with Gasteiger partial charge in [0.25, 0.3) is 0 Å². The summed E-state index contributed by atoms with van der Waals surface area (Å²) in [6, 6.07) is 13.9. The minimum Gasteiger partial charge on any atom is -0.508 e. The number of phenols is 1. The number of hydrogen-bond donors (Lipinski definition) is 3. The minimum atomic E-state index is -0.234. The van der Waals surface area contributed by atoms with Crippen molar-refractivity contribution in [3.63, 3.8) is 0 Å². The zero-order valence-electron chi connectivity index (χ0n) is 14.9. The third-order valence-corrected chi connectivity index (χ3v) is 3.76. The predicted octanol–water partition coefficient (Wildman–Crippen LogP) is 3.08. The number of carbonyl (C=O) groups is 1. The van der Waals surface area contributed by atoms with Crippen molar-refractivity contribution in [1.29, 1.82) is 0 Å². The van der Waals surface area contributed by atoms with Crippen molar-refractivity contribution in [3.8, 4) is 5.75 Å². The number of rotatable bonds is 6. The van der Waals surface area contributed by atoms with E-state index in [4.69, 9.17) is 11.6 Å². The average Bonchev–Trinajstić information content (AvgIpc) is 2.60. The second-order valence-electron chi connectivity index (χ2n) is 5.75. The third-order valence-electron chi connectivity index (χ3n) is 3.53. The van der Waals surface area contributed by atoms with Crippen molar-refractivity contribution in [1.82, 2.24) is 10.2 Å². The highest BCUT2D eigenvalue weighted by Gasteiger charge is 2.08. The monoisotopic (exact) mass is 374 g/mol. The molecule has 0 unspecified atom stereocenters. The van der Waals surface area contributed by atoms with Gasteiger partial charge in [0.05, 0.1) is 0 Å². The maximum Gasteiger partial charge on any atom is 0.246 e. The molecule has 2 aromatic rings. The first kappa shape index (κ1) is 19.6. The van der Waals surface area contributed by atoms with Gasteiger partial charge >= 0.3 is 0 Å². The van der Waals surface area contributed by atoms with Gasteiger partial charge in [0.1, 0.15) is 12.3 Å². The molecule has 0 heterocycles. The van der Waals surface area contributed by atoms with Gasteiger partial charge in [-0.25, -0.2) is 4.99 Å². The van der Waals surface area contributed by atoms with Crippen molar-refractivity contribution in [2.24, 2.45) is 4.99 Å². The molecule has 0 aromatic heterocycles. The first-order valence-electron chi connectivity index (χ1n) is 8.30.